The molecule has 0 aromatic heterocycles. The molecule has 2 aromatic rings. The smallest absolute Gasteiger partial charge is 0.253 e. The fourth-order valence-electron chi connectivity index (χ4n) is 2.71. The van der Waals surface area contributed by atoms with Crippen molar-refractivity contribution >= 4 is 28.3 Å². The highest BCUT2D eigenvalue weighted by molar-refractivity contribution is 6.21. The maximum Gasteiger partial charge on any atom is 0.253 e. The van der Waals surface area contributed by atoms with Gasteiger partial charge in [-0.1, -0.05) is 37.3 Å². The van der Waals surface area contributed by atoms with Crippen LogP contribution in [0.2, 0.25) is 0 Å². The predicted octanol–water partition coefficient (Wildman–Crippen LogP) is 3.93. The number of piperidine rings is 1. The Morgan fingerprint density at radius 2 is 1.95 bits per heavy atom. The molecule has 0 aliphatic carbocycles. The van der Waals surface area contributed by atoms with E-state index in [0.29, 0.717) is 12.5 Å². The molecule has 1 saturated heterocycles. The number of fused-ring (bicyclic) bond motifs is 1. The van der Waals surface area contributed by atoms with Gasteiger partial charge >= 0.3 is 0 Å². The SMILES string of the molecule is CC1CCN(C(=O)c2ccc3ccccc3c2)CC1Cl. The molecule has 0 N–H and O–H groups in total. The third-order valence-corrected chi connectivity index (χ3v) is 4.72. The summed E-state index contributed by atoms with van der Waals surface area (Å²) in [6.07, 6.45) is 0.980. The van der Waals surface area contributed by atoms with Gasteiger partial charge in [-0.15, -0.1) is 11.6 Å². The molecule has 2 aromatic carbocycles. The summed E-state index contributed by atoms with van der Waals surface area (Å²) in [4.78, 5) is 14.4. The second-order valence-corrected chi connectivity index (χ2v) is 6.16. The molecule has 2 atom stereocenters. The molecule has 2 unspecified atom stereocenters. The number of alkyl halides is 1. The van der Waals surface area contributed by atoms with Crippen molar-refractivity contribution < 1.29 is 4.79 Å². The van der Waals surface area contributed by atoms with Crippen molar-refractivity contribution in [3.63, 3.8) is 0 Å². The first kappa shape index (κ1) is 13.4. The quantitative estimate of drug-likeness (QED) is 0.728. The van der Waals surface area contributed by atoms with Crippen LogP contribution in [0.3, 0.4) is 0 Å². The number of rotatable bonds is 1. The molecule has 3 rings (SSSR count). The van der Waals surface area contributed by atoms with E-state index in [1.54, 1.807) is 0 Å². The first-order valence-electron chi connectivity index (χ1n) is 7.07. The number of hydrogen-bond donors (Lipinski definition) is 0. The molecule has 0 spiro atoms. The van der Waals surface area contributed by atoms with Crippen LogP contribution in [0.1, 0.15) is 23.7 Å². The lowest BCUT2D eigenvalue weighted by Gasteiger charge is -2.34. The third kappa shape index (κ3) is 2.53. The van der Waals surface area contributed by atoms with Gasteiger partial charge in [0.05, 0.1) is 5.38 Å². The topological polar surface area (TPSA) is 20.3 Å². The van der Waals surface area contributed by atoms with Crippen molar-refractivity contribution in [3.8, 4) is 0 Å². The van der Waals surface area contributed by atoms with Crippen molar-refractivity contribution in [2.24, 2.45) is 5.92 Å². The zero-order chi connectivity index (χ0) is 14.1. The Labute approximate surface area is 124 Å². The van der Waals surface area contributed by atoms with E-state index in [1.807, 2.05) is 41.3 Å². The van der Waals surface area contributed by atoms with Gasteiger partial charge in [-0.25, -0.2) is 0 Å². The minimum Gasteiger partial charge on any atom is -0.337 e. The highest BCUT2D eigenvalue weighted by atomic mass is 35.5. The van der Waals surface area contributed by atoms with E-state index < -0.39 is 0 Å². The molecular formula is C17H18ClNO. The Kier molecular flexibility index (Phi) is 3.66. The van der Waals surface area contributed by atoms with Crippen LogP contribution >= 0.6 is 11.6 Å². The molecule has 1 heterocycles. The van der Waals surface area contributed by atoms with E-state index in [-0.39, 0.29) is 11.3 Å². The van der Waals surface area contributed by atoms with Gasteiger partial charge in [-0.2, -0.15) is 0 Å². The van der Waals surface area contributed by atoms with Crippen molar-refractivity contribution in [1.82, 2.24) is 4.90 Å². The highest BCUT2D eigenvalue weighted by Crippen LogP contribution is 2.24. The Morgan fingerprint density at radius 3 is 2.70 bits per heavy atom. The Balaban J connectivity index is 1.85. The Hall–Kier alpha value is -1.54. The number of carbonyl (C=O) groups excluding carboxylic acids is 1. The molecule has 0 bridgehead atoms. The van der Waals surface area contributed by atoms with Gasteiger partial charge < -0.3 is 4.90 Å². The van der Waals surface area contributed by atoms with Crippen LogP contribution in [0.4, 0.5) is 0 Å². The minimum atomic E-state index is 0.0631. The molecule has 1 aliphatic heterocycles. The number of carbonyl (C=O) groups is 1. The van der Waals surface area contributed by atoms with Crippen molar-refractivity contribution in [2.45, 2.75) is 18.7 Å². The molecule has 1 amide bonds. The largest absolute Gasteiger partial charge is 0.337 e. The summed E-state index contributed by atoms with van der Waals surface area (Å²) in [6, 6.07) is 14.0. The lowest BCUT2D eigenvalue weighted by atomic mass is 9.97. The summed E-state index contributed by atoms with van der Waals surface area (Å²) in [7, 11) is 0. The second-order valence-electron chi connectivity index (χ2n) is 5.60. The molecule has 20 heavy (non-hydrogen) atoms. The van der Waals surface area contributed by atoms with E-state index in [1.165, 1.54) is 0 Å². The molecular weight excluding hydrogens is 270 g/mol. The van der Waals surface area contributed by atoms with E-state index in [4.69, 9.17) is 11.6 Å². The van der Waals surface area contributed by atoms with Gasteiger partial charge in [0.25, 0.3) is 5.91 Å². The Bertz CT molecular complexity index is 640. The van der Waals surface area contributed by atoms with Gasteiger partial charge in [0.15, 0.2) is 0 Å². The number of nitrogens with zero attached hydrogens (tertiary/aromatic N) is 1. The number of amides is 1. The highest BCUT2D eigenvalue weighted by Gasteiger charge is 2.27. The van der Waals surface area contributed by atoms with Crippen LogP contribution in [-0.2, 0) is 0 Å². The fraction of sp³-hybridized carbons (Fsp3) is 0.353. The molecule has 2 nitrogen and oxygen atoms in total. The molecule has 1 aliphatic rings. The second kappa shape index (κ2) is 5.45. The summed E-state index contributed by atoms with van der Waals surface area (Å²) >= 11 is 6.29. The number of hydrogen-bond acceptors (Lipinski definition) is 1. The summed E-state index contributed by atoms with van der Waals surface area (Å²) in [6.45, 7) is 3.60. The normalized spacial score (nSPS) is 23.0. The number of benzene rings is 2. The van der Waals surface area contributed by atoms with Crippen LogP contribution in [0, 0.1) is 5.92 Å². The van der Waals surface area contributed by atoms with E-state index in [9.17, 15) is 4.79 Å². The zero-order valence-corrected chi connectivity index (χ0v) is 12.3. The van der Waals surface area contributed by atoms with Crippen molar-refractivity contribution in [3.05, 3.63) is 48.0 Å². The molecule has 104 valence electrons. The van der Waals surface area contributed by atoms with Crippen LogP contribution in [0.25, 0.3) is 10.8 Å². The monoisotopic (exact) mass is 287 g/mol. The van der Waals surface area contributed by atoms with Crippen LogP contribution in [0.5, 0.6) is 0 Å². The van der Waals surface area contributed by atoms with Gasteiger partial charge in [0.2, 0.25) is 0 Å². The Morgan fingerprint density at radius 1 is 1.20 bits per heavy atom. The maximum absolute atomic E-state index is 12.6. The van der Waals surface area contributed by atoms with Gasteiger partial charge in [-0.05, 0) is 35.2 Å². The van der Waals surface area contributed by atoms with Gasteiger partial charge in [0.1, 0.15) is 0 Å². The average molecular weight is 288 g/mol. The molecule has 0 radical (unpaired) electrons. The van der Waals surface area contributed by atoms with E-state index in [0.717, 1.165) is 29.3 Å². The fourth-order valence-corrected chi connectivity index (χ4v) is 3.00. The van der Waals surface area contributed by atoms with Gasteiger partial charge in [0, 0.05) is 18.7 Å². The molecule has 1 fully saturated rings. The summed E-state index contributed by atoms with van der Waals surface area (Å²) in [5, 5.41) is 2.32. The van der Waals surface area contributed by atoms with E-state index >= 15 is 0 Å². The number of halogens is 1. The first-order valence-corrected chi connectivity index (χ1v) is 7.51. The van der Waals surface area contributed by atoms with Crippen molar-refractivity contribution in [1.29, 1.82) is 0 Å². The lowest BCUT2D eigenvalue weighted by molar-refractivity contribution is 0.0701. The summed E-state index contributed by atoms with van der Waals surface area (Å²) in [5.41, 5.74) is 0.752. The zero-order valence-electron chi connectivity index (χ0n) is 11.6. The van der Waals surface area contributed by atoms with Crippen LogP contribution in [0.15, 0.2) is 42.5 Å². The summed E-state index contributed by atoms with van der Waals surface area (Å²) in [5.74, 6) is 0.575. The maximum atomic E-state index is 12.6. The first-order chi connectivity index (χ1) is 9.65. The van der Waals surface area contributed by atoms with Gasteiger partial charge in [-0.3, -0.25) is 4.79 Å². The molecule has 0 saturated carbocycles. The van der Waals surface area contributed by atoms with Crippen LogP contribution in [-0.4, -0.2) is 29.3 Å². The standard InChI is InChI=1S/C17H18ClNO/c1-12-8-9-19(11-16(12)18)17(20)15-7-6-13-4-2-3-5-14(13)10-15/h2-7,10,12,16H,8-9,11H2,1H3. The summed E-state index contributed by atoms with van der Waals surface area (Å²) < 4.78 is 0. The van der Waals surface area contributed by atoms with Crippen molar-refractivity contribution in [2.75, 3.05) is 13.1 Å². The minimum absolute atomic E-state index is 0.0631. The predicted molar refractivity (Wildman–Crippen MR) is 83.3 cm³/mol. The van der Waals surface area contributed by atoms with E-state index in [2.05, 4.69) is 13.0 Å². The third-order valence-electron chi connectivity index (χ3n) is 4.15. The average Bonchev–Trinajstić information content (AvgIpc) is 2.49. The molecule has 3 heteroatoms. The lowest BCUT2D eigenvalue weighted by Crippen LogP contribution is -2.43. The number of likely N-dealkylation sites (tertiary alicyclic amines) is 1. The van der Waals surface area contributed by atoms with Crippen LogP contribution < -0.4 is 0 Å².